The molecule has 15 heavy (non-hydrogen) atoms. The number of rotatable bonds is 3. The molecular weight excluding hydrogens is 244 g/mol. The van der Waals surface area contributed by atoms with Gasteiger partial charge in [0.1, 0.15) is 11.9 Å². The van der Waals surface area contributed by atoms with Gasteiger partial charge in [-0.1, -0.05) is 23.2 Å². The highest BCUT2D eigenvalue weighted by atomic mass is 35.5. The van der Waals surface area contributed by atoms with E-state index in [0.717, 1.165) is 0 Å². The SMILES string of the molecule is N[C@@H](Cc1c(Cl)ccc(Cl)c1F)C(=O)O. The van der Waals surface area contributed by atoms with Gasteiger partial charge in [-0.2, -0.15) is 0 Å². The van der Waals surface area contributed by atoms with E-state index in [-0.39, 0.29) is 22.0 Å². The van der Waals surface area contributed by atoms with Crippen LogP contribution in [-0.2, 0) is 11.2 Å². The number of hydrogen-bond donors (Lipinski definition) is 2. The summed E-state index contributed by atoms with van der Waals surface area (Å²) in [5.41, 5.74) is 5.30. The van der Waals surface area contributed by atoms with E-state index in [1.54, 1.807) is 0 Å². The molecule has 0 aromatic heterocycles. The quantitative estimate of drug-likeness (QED) is 0.809. The first-order valence-electron chi connectivity index (χ1n) is 4.04. The molecule has 1 rings (SSSR count). The predicted molar refractivity (Wildman–Crippen MR) is 55.7 cm³/mol. The summed E-state index contributed by atoms with van der Waals surface area (Å²) in [5, 5.41) is 8.59. The van der Waals surface area contributed by atoms with Crippen molar-refractivity contribution in [2.24, 2.45) is 5.73 Å². The van der Waals surface area contributed by atoms with Gasteiger partial charge >= 0.3 is 5.97 Å². The fourth-order valence-electron chi connectivity index (χ4n) is 1.06. The Hall–Kier alpha value is -0.840. The number of carboxylic acids is 1. The zero-order chi connectivity index (χ0) is 11.6. The van der Waals surface area contributed by atoms with Crippen LogP contribution in [-0.4, -0.2) is 17.1 Å². The van der Waals surface area contributed by atoms with Crippen LogP contribution in [0.5, 0.6) is 0 Å². The van der Waals surface area contributed by atoms with Crippen molar-refractivity contribution in [2.75, 3.05) is 0 Å². The summed E-state index contributed by atoms with van der Waals surface area (Å²) >= 11 is 11.2. The fourth-order valence-corrected chi connectivity index (χ4v) is 1.46. The van der Waals surface area contributed by atoms with Crippen LogP contribution in [0.15, 0.2) is 12.1 Å². The third-order valence-corrected chi connectivity index (χ3v) is 2.53. The second-order valence-electron chi connectivity index (χ2n) is 2.97. The monoisotopic (exact) mass is 251 g/mol. The van der Waals surface area contributed by atoms with Crippen molar-refractivity contribution in [3.05, 3.63) is 33.6 Å². The van der Waals surface area contributed by atoms with Crippen molar-refractivity contribution in [3.8, 4) is 0 Å². The third-order valence-electron chi connectivity index (χ3n) is 1.88. The molecule has 0 saturated heterocycles. The van der Waals surface area contributed by atoms with Gasteiger partial charge in [-0.05, 0) is 12.1 Å². The van der Waals surface area contributed by atoms with E-state index in [9.17, 15) is 9.18 Å². The Morgan fingerprint density at radius 1 is 1.47 bits per heavy atom. The van der Waals surface area contributed by atoms with Crippen molar-refractivity contribution >= 4 is 29.2 Å². The second-order valence-corrected chi connectivity index (χ2v) is 3.78. The minimum atomic E-state index is -1.22. The lowest BCUT2D eigenvalue weighted by atomic mass is 10.1. The van der Waals surface area contributed by atoms with E-state index in [0.29, 0.717) is 0 Å². The van der Waals surface area contributed by atoms with Crippen LogP contribution in [0.1, 0.15) is 5.56 Å². The molecule has 0 saturated carbocycles. The lowest BCUT2D eigenvalue weighted by Gasteiger charge is -2.10. The van der Waals surface area contributed by atoms with Crippen molar-refractivity contribution < 1.29 is 14.3 Å². The van der Waals surface area contributed by atoms with E-state index in [1.807, 2.05) is 0 Å². The highest BCUT2D eigenvalue weighted by Gasteiger charge is 2.18. The molecule has 82 valence electrons. The number of hydrogen-bond acceptors (Lipinski definition) is 2. The maximum atomic E-state index is 13.4. The molecule has 0 aliphatic carbocycles. The number of halogens is 3. The minimum absolute atomic E-state index is 0.0269. The Balaban J connectivity index is 3.03. The summed E-state index contributed by atoms with van der Waals surface area (Å²) in [7, 11) is 0. The highest BCUT2D eigenvalue weighted by Crippen LogP contribution is 2.26. The zero-order valence-corrected chi connectivity index (χ0v) is 9.02. The van der Waals surface area contributed by atoms with Gasteiger partial charge in [-0.25, -0.2) is 4.39 Å². The molecule has 0 heterocycles. The van der Waals surface area contributed by atoms with Crippen LogP contribution >= 0.6 is 23.2 Å². The maximum Gasteiger partial charge on any atom is 0.320 e. The highest BCUT2D eigenvalue weighted by molar-refractivity contribution is 6.33. The summed E-state index contributed by atoms with van der Waals surface area (Å²) in [5.74, 6) is -1.94. The zero-order valence-electron chi connectivity index (χ0n) is 7.51. The molecule has 0 amide bonds. The van der Waals surface area contributed by atoms with E-state index >= 15 is 0 Å². The van der Waals surface area contributed by atoms with Crippen LogP contribution in [0.2, 0.25) is 10.0 Å². The summed E-state index contributed by atoms with van der Waals surface area (Å²) in [6.45, 7) is 0. The van der Waals surface area contributed by atoms with Gasteiger partial charge in [-0.3, -0.25) is 4.79 Å². The Labute approximate surface area is 95.6 Å². The van der Waals surface area contributed by atoms with Gasteiger partial charge in [0.05, 0.1) is 5.02 Å². The van der Waals surface area contributed by atoms with Crippen LogP contribution < -0.4 is 5.73 Å². The molecule has 0 aliphatic rings. The molecule has 6 heteroatoms. The van der Waals surface area contributed by atoms with Crippen LogP contribution in [0.25, 0.3) is 0 Å². The fraction of sp³-hybridized carbons (Fsp3) is 0.222. The molecular formula is C9H8Cl2FNO2. The Morgan fingerprint density at radius 3 is 2.53 bits per heavy atom. The summed E-state index contributed by atoms with van der Waals surface area (Å²) in [6, 6.07) is 1.50. The number of carboxylic acid groups (broad SMARTS) is 1. The number of aliphatic carboxylic acids is 1. The lowest BCUT2D eigenvalue weighted by molar-refractivity contribution is -0.138. The second kappa shape index (κ2) is 4.79. The van der Waals surface area contributed by atoms with Crippen LogP contribution in [0.3, 0.4) is 0 Å². The van der Waals surface area contributed by atoms with Crippen LogP contribution in [0.4, 0.5) is 4.39 Å². The van der Waals surface area contributed by atoms with Gasteiger partial charge < -0.3 is 10.8 Å². The molecule has 0 radical (unpaired) electrons. The minimum Gasteiger partial charge on any atom is -0.480 e. The first kappa shape index (κ1) is 12.2. The molecule has 3 N–H and O–H groups in total. The van der Waals surface area contributed by atoms with Gasteiger partial charge in [0.25, 0.3) is 0 Å². The molecule has 1 aromatic carbocycles. The lowest BCUT2D eigenvalue weighted by Crippen LogP contribution is -2.32. The summed E-state index contributed by atoms with van der Waals surface area (Å²) < 4.78 is 13.4. The summed E-state index contributed by atoms with van der Waals surface area (Å²) in [6.07, 6.45) is -0.194. The van der Waals surface area contributed by atoms with E-state index in [2.05, 4.69) is 0 Å². The molecule has 0 bridgehead atoms. The van der Waals surface area contributed by atoms with Crippen molar-refractivity contribution in [3.63, 3.8) is 0 Å². The Kier molecular flexibility index (Phi) is 3.90. The third kappa shape index (κ3) is 2.81. The van der Waals surface area contributed by atoms with Crippen molar-refractivity contribution in [1.29, 1.82) is 0 Å². The normalized spacial score (nSPS) is 12.5. The van der Waals surface area contributed by atoms with Gasteiger partial charge in [0, 0.05) is 17.0 Å². The predicted octanol–water partition coefficient (Wildman–Crippen LogP) is 2.09. The molecule has 0 spiro atoms. The van der Waals surface area contributed by atoms with E-state index in [4.69, 9.17) is 34.0 Å². The topological polar surface area (TPSA) is 63.3 Å². The largest absolute Gasteiger partial charge is 0.480 e. The molecule has 1 aromatic rings. The smallest absolute Gasteiger partial charge is 0.320 e. The molecule has 0 fully saturated rings. The number of benzene rings is 1. The molecule has 3 nitrogen and oxygen atoms in total. The molecule has 0 aliphatic heterocycles. The van der Waals surface area contributed by atoms with E-state index < -0.39 is 17.8 Å². The number of nitrogens with two attached hydrogens (primary N) is 1. The Morgan fingerprint density at radius 2 is 2.00 bits per heavy atom. The first-order chi connectivity index (χ1) is 6.93. The molecule has 1 atom stereocenters. The van der Waals surface area contributed by atoms with Gasteiger partial charge in [0.15, 0.2) is 0 Å². The van der Waals surface area contributed by atoms with Crippen molar-refractivity contribution in [1.82, 2.24) is 0 Å². The van der Waals surface area contributed by atoms with Crippen LogP contribution in [0, 0.1) is 5.82 Å². The van der Waals surface area contributed by atoms with Gasteiger partial charge in [0.2, 0.25) is 0 Å². The molecule has 0 unspecified atom stereocenters. The van der Waals surface area contributed by atoms with Crippen molar-refractivity contribution in [2.45, 2.75) is 12.5 Å². The average molecular weight is 252 g/mol. The summed E-state index contributed by atoms with van der Waals surface area (Å²) in [4.78, 5) is 10.5. The van der Waals surface area contributed by atoms with Gasteiger partial charge in [-0.15, -0.1) is 0 Å². The average Bonchev–Trinajstić information content (AvgIpc) is 2.18. The Bertz CT molecular complexity index is 398. The maximum absolute atomic E-state index is 13.4. The first-order valence-corrected chi connectivity index (χ1v) is 4.80. The van der Waals surface area contributed by atoms with E-state index in [1.165, 1.54) is 12.1 Å². The standard InChI is InChI=1S/C9H8Cl2FNO2/c10-5-1-2-6(11)8(12)4(5)3-7(13)9(14)15/h1-2,7H,3,13H2,(H,14,15)/t7-/m0/s1. The number of carbonyl (C=O) groups is 1.